The van der Waals surface area contributed by atoms with Crippen LogP contribution in [0.4, 0.5) is 0 Å². The van der Waals surface area contributed by atoms with Crippen LogP contribution in [0.1, 0.15) is 24.4 Å². The molecule has 112 valence electrons. The van der Waals surface area contributed by atoms with Crippen molar-refractivity contribution in [2.45, 2.75) is 20.8 Å². The molecule has 2 rings (SSSR count). The molecular formula is C15H19N3O2S. The molecule has 2 aromatic rings. The van der Waals surface area contributed by atoms with Crippen molar-refractivity contribution < 1.29 is 9.47 Å². The predicted molar refractivity (Wildman–Crippen MR) is 85.6 cm³/mol. The van der Waals surface area contributed by atoms with E-state index in [1.165, 1.54) is 11.3 Å². The summed E-state index contributed by atoms with van der Waals surface area (Å²) in [7, 11) is 0. The zero-order chi connectivity index (χ0) is 15.4. The van der Waals surface area contributed by atoms with Gasteiger partial charge >= 0.3 is 0 Å². The molecule has 0 bridgehead atoms. The van der Waals surface area contributed by atoms with Gasteiger partial charge in [-0.1, -0.05) is 0 Å². The molecule has 0 saturated carbocycles. The van der Waals surface area contributed by atoms with Crippen LogP contribution in [0.15, 0.2) is 18.2 Å². The zero-order valence-corrected chi connectivity index (χ0v) is 13.2. The van der Waals surface area contributed by atoms with Gasteiger partial charge in [-0.05, 0) is 39.0 Å². The first-order chi connectivity index (χ1) is 10.1. The van der Waals surface area contributed by atoms with Crippen LogP contribution in [0, 0.1) is 12.3 Å². The van der Waals surface area contributed by atoms with Crippen molar-refractivity contribution in [3.05, 3.63) is 28.8 Å². The van der Waals surface area contributed by atoms with Crippen LogP contribution in [0.3, 0.4) is 0 Å². The van der Waals surface area contributed by atoms with Gasteiger partial charge in [0.1, 0.15) is 10.8 Å². The summed E-state index contributed by atoms with van der Waals surface area (Å²) in [6.45, 7) is 6.88. The van der Waals surface area contributed by atoms with Crippen molar-refractivity contribution in [3.63, 3.8) is 0 Å². The first-order valence-corrected chi connectivity index (χ1v) is 7.60. The monoisotopic (exact) mass is 305 g/mol. The van der Waals surface area contributed by atoms with Gasteiger partial charge in [0.25, 0.3) is 0 Å². The molecule has 3 N–H and O–H groups in total. The van der Waals surface area contributed by atoms with Crippen LogP contribution in [-0.4, -0.2) is 24.0 Å². The van der Waals surface area contributed by atoms with Gasteiger partial charge in [-0.3, -0.25) is 5.41 Å². The molecule has 0 aliphatic heterocycles. The number of thiazole rings is 1. The fraction of sp³-hybridized carbons (Fsp3) is 0.333. The molecule has 1 aromatic heterocycles. The Morgan fingerprint density at radius 1 is 1.24 bits per heavy atom. The topological polar surface area (TPSA) is 81.2 Å². The summed E-state index contributed by atoms with van der Waals surface area (Å²) in [4.78, 5) is 5.19. The lowest BCUT2D eigenvalue weighted by atomic mass is 10.2. The van der Waals surface area contributed by atoms with Crippen molar-refractivity contribution in [1.82, 2.24) is 4.98 Å². The first-order valence-electron chi connectivity index (χ1n) is 6.78. The van der Waals surface area contributed by atoms with Crippen molar-refractivity contribution in [3.8, 4) is 22.1 Å². The van der Waals surface area contributed by atoms with Gasteiger partial charge in [-0.15, -0.1) is 11.3 Å². The molecule has 0 amide bonds. The molecule has 0 radical (unpaired) electrons. The number of nitrogens with one attached hydrogen (secondary N) is 1. The highest BCUT2D eigenvalue weighted by atomic mass is 32.1. The summed E-state index contributed by atoms with van der Waals surface area (Å²) in [5, 5.41) is 8.37. The largest absolute Gasteiger partial charge is 0.490 e. The lowest BCUT2D eigenvalue weighted by Gasteiger charge is -2.11. The standard InChI is InChI=1S/C15H19N3O2S/c1-4-19-11-7-6-10(8-12(11)20-5-2)15-18-9(3)13(21-15)14(16)17/h6-8H,4-5H2,1-3H3,(H3,16,17). The average molecular weight is 305 g/mol. The number of benzene rings is 1. The van der Waals surface area contributed by atoms with Gasteiger partial charge in [0.15, 0.2) is 11.5 Å². The fourth-order valence-corrected chi connectivity index (χ4v) is 2.88. The summed E-state index contributed by atoms with van der Waals surface area (Å²) >= 11 is 1.41. The number of amidine groups is 1. The summed E-state index contributed by atoms with van der Waals surface area (Å²) in [5.41, 5.74) is 7.26. The van der Waals surface area contributed by atoms with Crippen molar-refractivity contribution in [2.24, 2.45) is 5.73 Å². The number of aryl methyl sites for hydroxylation is 1. The van der Waals surface area contributed by atoms with E-state index in [4.69, 9.17) is 20.6 Å². The van der Waals surface area contributed by atoms with E-state index in [9.17, 15) is 0 Å². The number of rotatable bonds is 6. The zero-order valence-electron chi connectivity index (χ0n) is 12.4. The lowest BCUT2D eigenvalue weighted by Crippen LogP contribution is -2.10. The maximum atomic E-state index is 7.55. The Morgan fingerprint density at radius 3 is 2.48 bits per heavy atom. The molecule has 0 aliphatic carbocycles. The summed E-state index contributed by atoms with van der Waals surface area (Å²) < 4.78 is 11.2. The molecule has 1 aromatic carbocycles. The van der Waals surface area contributed by atoms with Crippen LogP contribution < -0.4 is 15.2 Å². The third-order valence-electron chi connectivity index (χ3n) is 2.83. The van der Waals surface area contributed by atoms with E-state index >= 15 is 0 Å². The molecule has 0 atom stereocenters. The smallest absolute Gasteiger partial charge is 0.161 e. The van der Waals surface area contributed by atoms with Gasteiger partial charge in [0.2, 0.25) is 0 Å². The number of aromatic nitrogens is 1. The van der Waals surface area contributed by atoms with E-state index in [0.29, 0.717) is 23.8 Å². The second kappa shape index (κ2) is 6.58. The summed E-state index contributed by atoms with van der Waals surface area (Å²) in [6.07, 6.45) is 0. The minimum atomic E-state index is 0.0484. The third kappa shape index (κ3) is 3.33. The molecule has 1 heterocycles. The number of nitrogens with zero attached hydrogens (tertiary/aromatic N) is 1. The minimum absolute atomic E-state index is 0.0484. The van der Waals surface area contributed by atoms with Gasteiger partial charge in [0, 0.05) is 5.56 Å². The molecule has 0 unspecified atom stereocenters. The van der Waals surface area contributed by atoms with E-state index in [-0.39, 0.29) is 5.84 Å². The molecule has 0 saturated heterocycles. The Kier molecular flexibility index (Phi) is 4.80. The Bertz CT molecular complexity index is 652. The summed E-state index contributed by atoms with van der Waals surface area (Å²) in [6, 6.07) is 5.74. The molecule has 0 aliphatic rings. The second-order valence-electron chi connectivity index (χ2n) is 4.37. The number of ether oxygens (including phenoxy) is 2. The van der Waals surface area contributed by atoms with Gasteiger partial charge in [0.05, 0.1) is 23.8 Å². The average Bonchev–Trinajstić information content (AvgIpc) is 2.83. The van der Waals surface area contributed by atoms with Crippen LogP contribution in [0.25, 0.3) is 10.6 Å². The highest BCUT2D eigenvalue weighted by Gasteiger charge is 2.14. The molecular weight excluding hydrogens is 286 g/mol. The summed E-state index contributed by atoms with van der Waals surface area (Å²) in [5.74, 6) is 1.48. The molecule has 5 nitrogen and oxygen atoms in total. The van der Waals surface area contributed by atoms with E-state index < -0.39 is 0 Å². The van der Waals surface area contributed by atoms with E-state index in [0.717, 1.165) is 22.0 Å². The minimum Gasteiger partial charge on any atom is -0.490 e. The SMILES string of the molecule is CCOc1ccc(-c2nc(C)c(C(=N)N)s2)cc1OCC. The Hall–Kier alpha value is -2.08. The highest BCUT2D eigenvalue weighted by molar-refractivity contribution is 7.17. The van der Waals surface area contributed by atoms with Gasteiger partial charge < -0.3 is 15.2 Å². The number of nitrogens with two attached hydrogens (primary N) is 1. The predicted octanol–water partition coefficient (Wildman–Crippen LogP) is 3.20. The van der Waals surface area contributed by atoms with Crippen molar-refractivity contribution in [2.75, 3.05) is 13.2 Å². The highest BCUT2D eigenvalue weighted by Crippen LogP contribution is 2.35. The van der Waals surface area contributed by atoms with Crippen LogP contribution >= 0.6 is 11.3 Å². The number of nitrogen functional groups attached to an aromatic ring is 1. The maximum Gasteiger partial charge on any atom is 0.161 e. The number of hydrogen-bond acceptors (Lipinski definition) is 5. The van der Waals surface area contributed by atoms with Crippen molar-refractivity contribution in [1.29, 1.82) is 5.41 Å². The van der Waals surface area contributed by atoms with Crippen LogP contribution in [0.2, 0.25) is 0 Å². The normalized spacial score (nSPS) is 10.4. The second-order valence-corrected chi connectivity index (χ2v) is 5.37. The molecule has 0 fully saturated rings. The lowest BCUT2D eigenvalue weighted by molar-refractivity contribution is 0.288. The van der Waals surface area contributed by atoms with E-state index in [1.54, 1.807) is 0 Å². The van der Waals surface area contributed by atoms with Gasteiger partial charge in [-0.25, -0.2) is 4.98 Å². The first kappa shape index (κ1) is 15.3. The quantitative estimate of drug-likeness (QED) is 0.634. The Balaban J connectivity index is 2.42. The van der Waals surface area contributed by atoms with Gasteiger partial charge in [-0.2, -0.15) is 0 Å². The van der Waals surface area contributed by atoms with Crippen molar-refractivity contribution >= 4 is 17.2 Å². The van der Waals surface area contributed by atoms with Crippen LogP contribution in [0.5, 0.6) is 11.5 Å². The molecule has 0 spiro atoms. The van der Waals surface area contributed by atoms with E-state index in [2.05, 4.69) is 4.98 Å². The molecule has 21 heavy (non-hydrogen) atoms. The van der Waals surface area contributed by atoms with Crippen LogP contribution in [-0.2, 0) is 0 Å². The number of hydrogen-bond donors (Lipinski definition) is 2. The maximum absolute atomic E-state index is 7.55. The van der Waals surface area contributed by atoms with E-state index in [1.807, 2.05) is 39.0 Å². The third-order valence-corrected chi connectivity index (χ3v) is 4.07. The fourth-order valence-electron chi connectivity index (χ4n) is 1.95. The molecule has 6 heteroatoms. The Morgan fingerprint density at radius 2 is 1.90 bits per heavy atom. The Labute approximate surface area is 128 Å².